The molecule has 0 heterocycles. The van der Waals surface area contributed by atoms with Gasteiger partial charge in [0, 0.05) is 0 Å². The molecular formula is C12H18ClIOSi. The van der Waals surface area contributed by atoms with Crippen molar-refractivity contribution in [3.8, 4) is 5.75 Å². The largest absolute Gasteiger partial charge is 0.522 e. The van der Waals surface area contributed by atoms with E-state index in [9.17, 15) is 0 Å². The molecule has 0 radical (unpaired) electrons. The van der Waals surface area contributed by atoms with E-state index in [1.165, 1.54) is 25.7 Å². The third kappa shape index (κ3) is 6.11. The lowest BCUT2D eigenvalue weighted by atomic mass is 10.2. The zero-order valence-electron chi connectivity index (χ0n) is 9.59. The summed E-state index contributed by atoms with van der Waals surface area (Å²) in [5.41, 5.74) is 0. The molecule has 0 bridgehead atoms. The van der Waals surface area contributed by atoms with E-state index >= 15 is 0 Å². The topological polar surface area (TPSA) is 9.23 Å². The fraction of sp³-hybridized carbons (Fsp3) is 0.500. The molecule has 1 nitrogen and oxygen atoms in total. The van der Waals surface area contributed by atoms with Crippen molar-refractivity contribution in [3.63, 3.8) is 0 Å². The summed E-state index contributed by atoms with van der Waals surface area (Å²) in [6, 6.07) is 10.9. The first-order valence-corrected chi connectivity index (χ1v) is 12.0. The molecule has 0 aliphatic rings. The van der Waals surface area contributed by atoms with Crippen LogP contribution < -0.4 is 4.43 Å². The molecule has 90 valence electrons. The molecule has 0 N–H and O–H groups in total. The minimum atomic E-state index is -2.05. The molecule has 0 saturated heterocycles. The van der Waals surface area contributed by atoms with Crippen LogP contribution in [0.3, 0.4) is 0 Å². The van der Waals surface area contributed by atoms with Gasteiger partial charge in [-0.3, -0.25) is 0 Å². The SMILES string of the molecule is CCCCCC[Si](Cl)(I)Oc1ccccc1. The molecule has 0 aliphatic carbocycles. The first kappa shape index (κ1) is 14.3. The fourth-order valence-electron chi connectivity index (χ4n) is 1.47. The molecular weight excluding hydrogens is 351 g/mol. The number of unbranched alkanes of at least 4 members (excludes halogenated alkanes) is 3. The predicted octanol–water partition coefficient (Wildman–Crippen LogP) is 5.26. The Bertz CT molecular complexity index is 292. The summed E-state index contributed by atoms with van der Waals surface area (Å²) in [6.07, 6.45) is 5.00. The van der Waals surface area contributed by atoms with E-state index < -0.39 is 5.12 Å². The zero-order valence-corrected chi connectivity index (χ0v) is 13.5. The maximum Gasteiger partial charge on any atom is 0.415 e. The van der Waals surface area contributed by atoms with Crippen molar-refractivity contribution in [2.75, 3.05) is 0 Å². The molecule has 4 heteroatoms. The van der Waals surface area contributed by atoms with Crippen molar-refractivity contribution in [2.24, 2.45) is 0 Å². The highest BCUT2D eigenvalue weighted by Gasteiger charge is 2.30. The second-order valence-corrected chi connectivity index (χ2v) is 14.8. The Labute approximate surface area is 117 Å². The lowest BCUT2D eigenvalue weighted by molar-refractivity contribution is 0.572. The van der Waals surface area contributed by atoms with Crippen molar-refractivity contribution in [1.29, 1.82) is 0 Å². The summed E-state index contributed by atoms with van der Waals surface area (Å²) < 4.78 is 5.87. The third-order valence-corrected chi connectivity index (χ3v) is 6.88. The Kier molecular flexibility index (Phi) is 6.76. The summed E-state index contributed by atoms with van der Waals surface area (Å²) in [5.74, 6) is 0.897. The van der Waals surface area contributed by atoms with E-state index in [0.29, 0.717) is 0 Å². The van der Waals surface area contributed by atoms with Gasteiger partial charge in [0.15, 0.2) is 0 Å². The van der Waals surface area contributed by atoms with Crippen molar-refractivity contribution < 1.29 is 4.43 Å². The van der Waals surface area contributed by atoms with Crippen molar-refractivity contribution in [1.82, 2.24) is 0 Å². The van der Waals surface area contributed by atoms with Crippen LogP contribution in [0.15, 0.2) is 30.3 Å². The van der Waals surface area contributed by atoms with Crippen LogP contribution in [0.5, 0.6) is 5.75 Å². The van der Waals surface area contributed by atoms with Crippen LogP contribution in [0, 0.1) is 0 Å². The third-order valence-electron chi connectivity index (χ3n) is 2.33. The molecule has 0 aliphatic heterocycles. The monoisotopic (exact) mass is 368 g/mol. The van der Waals surface area contributed by atoms with Crippen LogP contribution in [0.4, 0.5) is 0 Å². The average Bonchev–Trinajstić information content (AvgIpc) is 2.25. The number of hydrogen-bond acceptors (Lipinski definition) is 1. The highest BCUT2D eigenvalue weighted by atomic mass is 127. The van der Waals surface area contributed by atoms with E-state index in [2.05, 4.69) is 28.7 Å². The van der Waals surface area contributed by atoms with Gasteiger partial charge in [0.25, 0.3) is 0 Å². The highest BCUT2D eigenvalue weighted by Crippen LogP contribution is 2.29. The Morgan fingerprint density at radius 3 is 2.50 bits per heavy atom. The minimum absolute atomic E-state index is 0.897. The number of hydrogen-bond donors (Lipinski definition) is 0. The maximum absolute atomic E-state index is 6.45. The molecule has 0 fully saturated rings. The lowest BCUT2D eigenvalue weighted by Gasteiger charge is -2.19. The minimum Gasteiger partial charge on any atom is -0.522 e. The summed E-state index contributed by atoms with van der Waals surface area (Å²) in [7, 11) is 0. The number of para-hydroxylation sites is 1. The summed E-state index contributed by atoms with van der Waals surface area (Å²) in [5, 5.41) is -2.05. The second-order valence-electron chi connectivity index (χ2n) is 3.86. The molecule has 16 heavy (non-hydrogen) atoms. The number of benzene rings is 1. The summed E-state index contributed by atoms with van der Waals surface area (Å²) in [6.45, 7) is 2.22. The van der Waals surface area contributed by atoms with Gasteiger partial charge in [-0.1, -0.05) is 50.8 Å². The van der Waals surface area contributed by atoms with Crippen molar-refractivity contribution in [3.05, 3.63) is 30.3 Å². The Balaban J connectivity index is 2.33. The standard InChI is InChI=1S/C12H18ClIOSi/c1-2-3-4-8-11-16(13,14)15-12-9-6-5-7-10-12/h5-7,9-10H,2-4,8,11H2,1H3. The quantitative estimate of drug-likeness (QED) is 0.276. The van der Waals surface area contributed by atoms with E-state index in [0.717, 1.165) is 11.8 Å². The van der Waals surface area contributed by atoms with E-state index in [-0.39, 0.29) is 0 Å². The Hall–Kier alpha value is 0.257. The normalized spacial score (nSPS) is 14.4. The second kappa shape index (κ2) is 7.56. The summed E-state index contributed by atoms with van der Waals surface area (Å²) in [4.78, 5) is 0. The molecule has 0 amide bonds. The van der Waals surface area contributed by atoms with Gasteiger partial charge in [-0.25, -0.2) is 0 Å². The molecule has 0 saturated carbocycles. The smallest absolute Gasteiger partial charge is 0.415 e. The first-order valence-electron chi connectivity index (χ1n) is 5.76. The van der Waals surface area contributed by atoms with Crippen molar-refractivity contribution in [2.45, 2.75) is 38.7 Å². The number of rotatable bonds is 7. The van der Waals surface area contributed by atoms with Crippen LogP contribution in [-0.2, 0) is 0 Å². The zero-order chi connectivity index (χ0) is 11.9. The van der Waals surface area contributed by atoms with Crippen LogP contribution in [-0.4, -0.2) is 5.12 Å². The van der Waals surface area contributed by atoms with Gasteiger partial charge in [-0.05, 0) is 40.0 Å². The molecule has 0 spiro atoms. The number of halogens is 2. The van der Waals surface area contributed by atoms with Crippen LogP contribution in [0.2, 0.25) is 6.04 Å². The maximum atomic E-state index is 6.45. The fourth-order valence-corrected chi connectivity index (χ4v) is 5.29. The molecule has 0 aromatic heterocycles. The van der Waals surface area contributed by atoms with Gasteiger partial charge < -0.3 is 4.43 Å². The summed E-state index contributed by atoms with van der Waals surface area (Å²) >= 11 is 8.77. The highest BCUT2D eigenvalue weighted by molar-refractivity contribution is 14.1. The predicted molar refractivity (Wildman–Crippen MR) is 81.6 cm³/mol. The molecule has 1 unspecified atom stereocenters. The van der Waals surface area contributed by atoms with Crippen LogP contribution in [0.25, 0.3) is 0 Å². The lowest BCUT2D eigenvalue weighted by Crippen LogP contribution is -2.27. The molecule has 1 atom stereocenters. The van der Waals surface area contributed by atoms with Gasteiger partial charge in [-0.15, -0.1) is 11.1 Å². The van der Waals surface area contributed by atoms with Crippen LogP contribution >= 0.6 is 32.9 Å². The molecule has 1 aromatic carbocycles. The van der Waals surface area contributed by atoms with E-state index in [1.807, 2.05) is 30.3 Å². The van der Waals surface area contributed by atoms with Crippen LogP contribution in [0.1, 0.15) is 32.6 Å². The van der Waals surface area contributed by atoms with Gasteiger partial charge >= 0.3 is 5.12 Å². The van der Waals surface area contributed by atoms with E-state index in [4.69, 9.17) is 15.5 Å². The molecule has 1 aromatic rings. The van der Waals surface area contributed by atoms with Gasteiger partial charge in [0.1, 0.15) is 5.75 Å². The van der Waals surface area contributed by atoms with Gasteiger partial charge in [0.05, 0.1) is 0 Å². The average molecular weight is 369 g/mol. The Morgan fingerprint density at radius 2 is 1.88 bits per heavy atom. The van der Waals surface area contributed by atoms with Crippen molar-refractivity contribution >= 4 is 38.0 Å². The van der Waals surface area contributed by atoms with Gasteiger partial charge in [0.2, 0.25) is 0 Å². The van der Waals surface area contributed by atoms with E-state index in [1.54, 1.807) is 0 Å². The Morgan fingerprint density at radius 1 is 1.19 bits per heavy atom. The first-order chi connectivity index (χ1) is 7.64. The van der Waals surface area contributed by atoms with Gasteiger partial charge in [-0.2, -0.15) is 0 Å². The molecule has 1 rings (SSSR count).